The second-order valence-corrected chi connectivity index (χ2v) is 7.00. The lowest BCUT2D eigenvalue weighted by Gasteiger charge is -2.25. The molecule has 0 bridgehead atoms. The molecule has 1 saturated carbocycles. The van der Waals surface area contributed by atoms with Gasteiger partial charge in [-0.05, 0) is 55.8 Å². The Kier molecular flexibility index (Phi) is 7.60. The van der Waals surface area contributed by atoms with Crippen molar-refractivity contribution in [3.8, 4) is 0 Å². The minimum absolute atomic E-state index is 0.602. The van der Waals surface area contributed by atoms with E-state index in [2.05, 4.69) is 30.4 Å². The zero-order valence-electron chi connectivity index (χ0n) is 13.4. The van der Waals surface area contributed by atoms with Crippen LogP contribution in [0.5, 0.6) is 0 Å². The molecule has 1 aliphatic rings. The van der Waals surface area contributed by atoms with Gasteiger partial charge in [-0.2, -0.15) is 0 Å². The van der Waals surface area contributed by atoms with Gasteiger partial charge in [0.05, 0.1) is 0 Å². The van der Waals surface area contributed by atoms with Crippen LogP contribution < -0.4 is 5.32 Å². The number of nitrogens with one attached hydrogen (secondary N) is 1. The van der Waals surface area contributed by atoms with Gasteiger partial charge in [-0.25, -0.2) is 0 Å². The highest BCUT2D eigenvalue weighted by Gasteiger charge is 2.16. The molecule has 1 fully saturated rings. The van der Waals surface area contributed by atoms with Gasteiger partial charge in [0.2, 0.25) is 0 Å². The topological polar surface area (TPSA) is 12.0 Å². The normalized spacial score (nSPS) is 17.8. The average molecular weight is 308 g/mol. The maximum Gasteiger partial charge on any atom is 0.0408 e. The molecule has 0 amide bonds. The van der Waals surface area contributed by atoms with Gasteiger partial charge in [0.15, 0.2) is 0 Å². The van der Waals surface area contributed by atoms with Crippen molar-refractivity contribution in [1.82, 2.24) is 5.32 Å². The van der Waals surface area contributed by atoms with E-state index in [-0.39, 0.29) is 0 Å². The Labute approximate surface area is 135 Å². The minimum atomic E-state index is 0.602. The summed E-state index contributed by atoms with van der Waals surface area (Å²) in [6.07, 6.45) is 12.3. The second kappa shape index (κ2) is 9.48. The SMILES string of the molecule is CCCNC(CCC1CCCCC1)Cc1cccc(Cl)c1. The predicted octanol–water partition coefficient (Wildman–Crippen LogP) is 5.61. The molecule has 2 rings (SSSR count). The highest BCUT2D eigenvalue weighted by atomic mass is 35.5. The average Bonchev–Trinajstić information content (AvgIpc) is 2.51. The van der Waals surface area contributed by atoms with Gasteiger partial charge in [-0.3, -0.25) is 0 Å². The lowest BCUT2D eigenvalue weighted by Crippen LogP contribution is -2.32. The van der Waals surface area contributed by atoms with E-state index in [0.29, 0.717) is 6.04 Å². The fourth-order valence-corrected chi connectivity index (χ4v) is 3.70. The van der Waals surface area contributed by atoms with E-state index >= 15 is 0 Å². The number of benzene rings is 1. The van der Waals surface area contributed by atoms with Gasteiger partial charge < -0.3 is 5.32 Å². The van der Waals surface area contributed by atoms with Gasteiger partial charge in [0.25, 0.3) is 0 Å². The third-order valence-electron chi connectivity index (χ3n) is 4.70. The van der Waals surface area contributed by atoms with Crippen molar-refractivity contribution >= 4 is 11.6 Å². The van der Waals surface area contributed by atoms with Crippen LogP contribution in [0, 0.1) is 5.92 Å². The van der Waals surface area contributed by atoms with Crippen LogP contribution >= 0.6 is 11.6 Å². The van der Waals surface area contributed by atoms with Crippen LogP contribution in [0.4, 0.5) is 0 Å². The molecule has 1 aromatic carbocycles. The molecule has 1 N–H and O–H groups in total. The summed E-state index contributed by atoms with van der Waals surface area (Å²) >= 11 is 6.11. The zero-order chi connectivity index (χ0) is 14.9. The summed E-state index contributed by atoms with van der Waals surface area (Å²) in [6.45, 7) is 3.36. The third kappa shape index (κ3) is 6.40. The molecule has 2 heteroatoms. The quantitative estimate of drug-likeness (QED) is 0.658. The lowest BCUT2D eigenvalue weighted by molar-refractivity contribution is 0.312. The molecule has 0 heterocycles. The summed E-state index contributed by atoms with van der Waals surface area (Å²) < 4.78 is 0. The van der Waals surface area contributed by atoms with Gasteiger partial charge in [-0.1, -0.05) is 62.8 Å². The molecule has 21 heavy (non-hydrogen) atoms. The fourth-order valence-electron chi connectivity index (χ4n) is 3.49. The van der Waals surface area contributed by atoms with E-state index in [1.54, 1.807) is 0 Å². The van der Waals surface area contributed by atoms with Crippen LogP contribution in [0.2, 0.25) is 5.02 Å². The van der Waals surface area contributed by atoms with E-state index < -0.39 is 0 Å². The first-order valence-electron chi connectivity index (χ1n) is 8.75. The Morgan fingerprint density at radius 3 is 2.76 bits per heavy atom. The molecule has 1 nitrogen and oxygen atoms in total. The highest BCUT2D eigenvalue weighted by molar-refractivity contribution is 6.30. The van der Waals surface area contributed by atoms with Crippen LogP contribution in [0.15, 0.2) is 24.3 Å². The Morgan fingerprint density at radius 2 is 2.05 bits per heavy atom. The molecule has 0 spiro atoms. The molecule has 1 atom stereocenters. The third-order valence-corrected chi connectivity index (χ3v) is 4.94. The molecular formula is C19H30ClN. The van der Waals surface area contributed by atoms with E-state index in [1.807, 2.05) is 6.07 Å². The number of hydrogen-bond donors (Lipinski definition) is 1. The molecular weight excluding hydrogens is 278 g/mol. The first kappa shape index (κ1) is 16.8. The van der Waals surface area contributed by atoms with Crippen molar-refractivity contribution in [3.05, 3.63) is 34.9 Å². The van der Waals surface area contributed by atoms with Crippen LogP contribution in [-0.4, -0.2) is 12.6 Å². The molecule has 0 aliphatic heterocycles. The lowest BCUT2D eigenvalue weighted by atomic mass is 9.84. The number of halogens is 1. The van der Waals surface area contributed by atoms with Gasteiger partial charge in [-0.15, -0.1) is 0 Å². The van der Waals surface area contributed by atoms with Crippen molar-refractivity contribution in [3.63, 3.8) is 0 Å². The first-order valence-corrected chi connectivity index (χ1v) is 9.13. The fraction of sp³-hybridized carbons (Fsp3) is 0.684. The Bertz CT molecular complexity index is 398. The summed E-state index contributed by atoms with van der Waals surface area (Å²) in [7, 11) is 0. The second-order valence-electron chi connectivity index (χ2n) is 6.57. The molecule has 0 aromatic heterocycles. The van der Waals surface area contributed by atoms with Crippen molar-refractivity contribution in [2.45, 2.75) is 70.8 Å². The summed E-state index contributed by atoms with van der Waals surface area (Å²) in [5, 5.41) is 4.59. The molecule has 1 aliphatic carbocycles. The van der Waals surface area contributed by atoms with Gasteiger partial charge in [0, 0.05) is 11.1 Å². The van der Waals surface area contributed by atoms with Crippen molar-refractivity contribution in [1.29, 1.82) is 0 Å². The predicted molar refractivity (Wildman–Crippen MR) is 93.0 cm³/mol. The van der Waals surface area contributed by atoms with Gasteiger partial charge in [0.1, 0.15) is 0 Å². The molecule has 0 saturated heterocycles. The molecule has 1 aromatic rings. The first-order chi connectivity index (χ1) is 10.3. The summed E-state index contributed by atoms with van der Waals surface area (Å²) in [6, 6.07) is 8.94. The Balaban J connectivity index is 1.84. The molecule has 118 valence electrons. The van der Waals surface area contributed by atoms with Crippen LogP contribution in [0.25, 0.3) is 0 Å². The Morgan fingerprint density at radius 1 is 1.24 bits per heavy atom. The van der Waals surface area contributed by atoms with E-state index in [4.69, 9.17) is 11.6 Å². The van der Waals surface area contributed by atoms with Crippen LogP contribution in [0.3, 0.4) is 0 Å². The number of hydrogen-bond acceptors (Lipinski definition) is 1. The number of rotatable bonds is 8. The van der Waals surface area contributed by atoms with Crippen molar-refractivity contribution in [2.75, 3.05) is 6.54 Å². The maximum atomic E-state index is 6.11. The summed E-state index contributed by atoms with van der Waals surface area (Å²) in [5.41, 5.74) is 1.36. The Hall–Kier alpha value is -0.530. The molecule has 1 unspecified atom stereocenters. The van der Waals surface area contributed by atoms with Crippen LogP contribution in [-0.2, 0) is 6.42 Å². The zero-order valence-corrected chi connectivity index (χ0v) is 14.2. The van der Waals surface area contributed by atoms with Crippen molar-refractivity contribution < 1.29 is 0 Å². The summed E-state index contributed by atoms with van der Waals surface area (Å²) in [5.74, 6) is 0.976. The highest BCUT2D eigenvalue weighted by Crippen LogP contribution is 2.28. The minimum Gasteiger partial charge on any atom is -0.314 e. The standard InChI is InChI=1S/C19H30ClN/c1-2-13-21-19(12-11-16-7-4-3-5-8-16)15-17-9-6-10-18(20)14-17/h6,9-10,14,16,19,21H,2-5,7-8,11-13,15H2,1H3. The largest absolute Gasteiger partial charge is 0.314 e. The van der Waals surface area contributed by atoms with Crippen LogP contribution in [0.1, 0.15) is 63.9 Å². The van der Waals surface area contributed by atoms with E-state index in [9.17, 15) is 0 Å². The van der Waals surface area contributed by atoms with E-state index in [1.165, 1.54) is 56.9 Å². The van der Waals surface area contributed by atoms with Gasteiger partial charge >= 0.3 is 0 Å². The smallest absolute Gasteiger partial charge is 0.0408 e. The molecule has 0 radical (unpaired) electrons. The maximum absolute atomic E-state index is 6.11. The van der Waals surface area contributed by atoms with E-state index in [0.717, 1.165) is 23.9 Å². The monoisotopic (exact) mass is 307 g/mol. The van der Waals surface area contributed by atoms with Crippen molar-refractivity contribution in [2.24, 2.45) is 5.92 Å². The summed E-state index contributed by atoms with van der Waals surface area (Å²) in [4.78, 5) is 0.